The SMILES string of the molecule is CSOC(=O)CCNC(=O)c1ncc[nH]1. The summed E-state index contributed by atoms with van der Waals surface area (Å²) in [7, 11) is 0. The lowest BCUT2D eigenvalue weighted by atomic mass is 10.4. The number of carbonyl (C=O) groups excluding carboxylic acids is 2. The smallest absolute Gasteiger partial charge is 0.319 e. The summed E-state index contributed by atoms with van der Waals surface area (Å²) in [5.74, 6) is -0.465. The number of hydrogen-bond donors (Lipinski definition) is 2. The van der Waals surface area contributed by atoms with E-state index in [1.54, 1.807) is 12.5 Å². The van der Waals surface area contributed by atoms with Crippen LogP contribution < -0.4 is 5.32 Å². The number of nitrogens with zero attached hydrogens (tertiary/aromatic N) is 1. The van der Waals surface area contributed by atoms with E-state index in [0.29, 0.717) is 0 Å². The van der Waals surface area contributed by atoms with E-state index in [4.69, 9.17) is 0 Å². The zero-order chi connectivity index (χ0) is 11.1. The molecule has 1 heterocycles. The molecule has 0 aliphatic rings. The monoisotopic (exact) mass is 229 g/mol. The normalized spacial score (nSPS) is 9.67. The number of aromatic nitrogens is 2. The second-order valence-electron chi connectivity index (χ2n) is 2.57. The van der Waals surface area contributed by atoms with Crippen LogP contribution in [0.5, 0.6) is 0 Å². The predicted molar refractivity (Wildman–Crippen MR) is 55.1 cm³/mol. The highest BCUT2D eigenvalue weighted by molar-refractivity contribution is 7.94. The Morgan fingerprint density at radius 3 is 3.07 bits per heavy atom. The van der Waals surface area contributed by atoms with Crippen molar-refractivity contribution in [2.75, 3.05) is 12.8 Å². The van der Waals surface area contributed by atoms with Gasteiger partial charge < -0.3 is 14.5 Å². The number of imidazole rings is 1. The minimum atomic E-state index is -0.359. The minimum absolute atomic E-state index is 0.146. The van der Waals surface area contributed by atoms with Gasteiger partial charge in [-0.25, -0.2) is 4.98 Å². The molecule has 0 saturated heterocycles. The molecule has 6 nitrogen and oxygen atoms in total. The van der Waals surface area contributed by atoms with Crippen LogP contribution >= 0.6 is 12.0 Å². The van der Waals surface area contributed by atoms with Crippen molar-refractivity contribution in [3.05, 3.63) is 18.2 Å². The predicted octanol–water partition coefficient (Wildman–Crippen LogP) is 0.351. The van der Waals surface area contributed by atoms with Crippen molar-refractivity contribution in [3.8, 4) is 0 Å². The maximum atomic E-state index is 11.3. The third-order valence-electron chi connectivity index (χ3n) is 1.50. The topological polar surface area (TPSA) is 84.1 Å². The molecule has 1 aromatic heterocycles. The number of rotatable bonds is 5. The largest absolute Gasteiger partial charge is 0.392 e. The molecule has 0 aliphatic carbocycles. The first-order valence-electron chi connectivity index (χ1n) is 4.25. The highest BCUT2D eigenvalue weighted by Gasteiger charge is 2.08. The van der Waals surface area contributed by atoms with Crippen molar-refractivity contribution in [1.29, 1.82) is 0 Å². The van der Waals surface area contributed by atoms with Gasteiger partial charge in [-0.2, -0.15) is 0 Å². The van der Waals surface area contributed by atoms with E-state index in [2.05, 4.69) is 19.5 Å². The highest BCUT2D eigenvalue weighted by atomic mass is 32.2. The molecule has 7 heteroatoms. The molecule has 1 aromatic rings. The van der Waals surface area contributed by atoms with Gasteiger partial charge in [0.05, 0.1) is 18.5 Å². The summed E-state index contributed by atoms with van der Waals surface area (Å²) in [6.07, 6.45) is 4.83. The fraction of sp³-hybridized carbons (Fsp3) is 0.375. The molecule has 0 saturated carbocycles. The molecule has 0 aliphatic heterocycles. The lowest BCUT2D eigenvalue weighted by molar-refractivity contribution is -0.132. The summed E-state index contributed by atoms with van der Waals surface area (Å²) >= 11 is 0.986. The number of carbonyl (C=O) groups is 2. The van der Waals surface area contributed by atoms with Crippen LogP contribution in [0.25, 0.3) is 0 Å². The van der Waals surface area contributed by atoms with Crippen molar-refractivity contribution in [2.45, 2.75) is 6.42 Å². The van der Waals surface area contributed by atoms with Crippen LogP contribution in [0.4, 0.5) is 0 Å². The van der Waals surface area contributed by atoms with E-state index in [-0.39, 0.29) is 30.7 Å². The number of hydrogen-bond acceptors (Lipinski definition) is 5. The molecule has 0 unspecified atom stereocenters. The van der Waals surface area contributed by atoms with Gasteiger partial charge in [0, 0.05) is 25.2 Å². The first kappa shape index (κ1) is 11.6. The van der Waals surface area contributed by atoms with Crippen LogP contribution in [0.3, 0.4) is 0 Å². The molecule has 2 N–H and O–H groups in total. The Balaban J connectivity index is 2.21. The molecule has 0 bridgehead atoms. The Labute approximate surface area is 91.0 Å². The third kappa shape index (κ3) is 4.03. The summed E-state index contributed by atoms with van der Waals surface area (Å²) in [5, 5.41) is 2.53. The molecule has 0 spiro atoms. The van der Waals surface area contributed by atoms with Crippen LogP contribution in [0, 0.1) is 0 Å². The molecule has 0 fully saturated rings. The average molecular weight is 229 g/mol. The van der Waals surface area contributed by atoms with E-state index in [9.17, 15) is 9.59 Å². The molecule has 0 aromatic carbocycles. The summed E-state index contributed by atoms with van der Waals surface area (Å²) in [5.41, 5.74) is 0. The van der Waals surface area contributed by atoms with E-state index in [0.717, 1.165) is 12.0 Å². The Bertz CT molecular complexity index is 326. The molecule has 0 atom stereocenters. The summed E-state index contributed by atoms with van der Waals surface area (Å²) in [4.78, 5) is 28.6. The van der Waals surface area contributed by atoms with E-state index in [1.165, 1.54) is 6.20 Å². The van der Waals surface area contributed by atoms with Crippen LogP contribution in [0.2, 0.25) is 0 Å². The number of H-pyrrole nitrogens is 1. The van der Waals surface area contributed by atoms with Gasteiger partial charge in [0.15, 0.2) is 5.82 Å². The Morgan fingerprint density at radius 1 is 1.67 bits per heavy atom. The van der Waals surface area contributed by atoms with Gasteiger partial charge >= 0.3 is 5.97 Å². The maximum Gasteiger partial charge on any atom is 0.319 e. The standard InChI is InChI=1S/C8H11N3O3S/c1-15-14-6(12)2-3-11-8(13)7-9-4-5-10-7/h4-5H,2-3H2,1H3,(H,9,10)(H,11,13). The third-order valence-corrected chi connectivity index (χ3v) is 1.86. The number of amides is 1. The molecule has 82 valence electrons. The molecular formula is C8H11N3O3S. The van der Waals surface area contributed by atoms with Gasteiger partial charge in [-0.15, -0.1) is 0 Å². The van der Waals surface area contributed by atoms with Crippen LogP contribution in [-0.2, 0) is 8.98 Å². The molecule has 15 heavy (non-hydrogen) atoms. The maximum absolute atomic E-state index is 11.3. The average Bonchev–Trinajstić information content (AvgIpc) is 2.70. The molecule has 1 rings (SSSR count). The van der Waals surface area contributed by atoms with Gasteiger partial charge in [-0.05, 0) is 0 Å². The van der Waals surface area contributed by atoms with Crippen molar-refractivity contribution < 1.29 is 13.8 Å². The van der Waals surface area contributed by atoms with Crippen molar-refractivity contribution >= 4 is 23.9 Å². The lowest BCUT2D eigenvalue weighted by Crippen LogP contribution is -2.27. The zero-order valence-electron chi connectivity index (χ0n) is 8.15. The zero-order valence-corrected chi connectivity index (χ0v) is 8.97. The lowest BCUT2D eigenvalue weighted by Gasteiger charge is -2.01. The molecule has 1 amide bonds. The van der Waals surface area contributed by atoms with Crippen molar-refractivity contribution in [3.63, 3.8) is 0 Å². The van der Waals surface area contributed by atoms with Crippen molar-refractivity contribution in [1.82, 2.24) is 15.3 Å². The van der Waals surface area contributed by atoms with E-state index in [1.807, 2.05) is 0 Å². The fourth-order valence-electron chi connectivity index (χ4n) is 0.886. The van der Waals surface area contributed by atoms with Gasteiger partial charge in [0.1, 0.15) is 0 Å². The van der Waals surface area contributed by atoms with E-state index < -0.39 is 0 Å². The second kappa shape index (κ2) is 6.07. The summed E-state index contributed by atoms with van der Waals surface area (Å²) in [6, 6.07) is 0. The Morgan fingerprint density at radius 2 is 2.47 bits per heavy atom. The van der Waals surface area contributed by atoms with Crippen molar-refractivity contribution in [2.24, 2.45) is 0 Å². The van der Waals surface area contributed by atoms with Crippen LogP contribution in [-0.4, -0.2) is 34.6 Å². The minimum Gasteiger partial charge on any atom is -0.392 e. The van der Waals surface area contributed by atoms with Crippen LogP contribution in [0.1, 0.15) is 17.0 Å². The molecular weight excluding hydrogens is 218 g/mol. The summed E-state index contributed by atoms with van der Waals surface area (Å²) in [6.45, 7) is 0.235. The summed E-state index contributed by atoms with van der Waals surface area (Å²) < 4.78 is 4.62. The Hall–Kier alpha value is -1.50. The van der Waals surface area contributed by atoms with Gasteiger partial charge in [0.2, 0.25) is 0 Å². The first-order chi connectivity index (χ1) is 7.24. The second-order valence-corrected chi connectivity index (χ2v) is 3.07. The van der Waals surface area contributed by atoms with Gasteiger partial charge in [-0.3, -0.25) is 9.59 Å². The molecule has 0 radical (unpaired) electrons. The van der Waals surface area contributed by atoms with Gasteiger partial charge in [0.25, 0.3) is 5.91 Å². The fourth-order valence-corrected chi connectivity index (χ4v) is 1.16. The van der Waals surface area contributed by atoms with Crippen LogP contribution in [0.15, 0.2) is 12.4 Å². The number of aromatic amines is 1. The number of nitrogens with one attached hydrogen (secondary N) is 2. The van der Waals surface area contributed by atoms with E-state index >= 15 is 0 Å². The highest BCUT2D eigenvalue weighted by Crippen LogP contribution is 1.97. The quantitative estimate of drug-likeness (QED) is 0.712. The first-order valence-corrected chi connectivity index (χ1v) is 5.40. The Kier molecular flexibility index (Phi) is 4.69. The van der Waals surface area contributed by atoms with Gasteiger partial charge in [-0.1, -0.05) is 0 Å².